The number of primary amides is 1. The maximum Gasteiger partial charge on any atom is 0.254 e. The molecule has 0 bridgehead atoms. The Balaban J connectivity index is 2.20. The summed E-state index contributed by atoms with van der Waals surface area (Å²) in [6.07, 6.45) is 2.93. The average molecular weight is 308 g/mol. The number of nitrogens with two attached hydrogens (primary N) is 1. The first-order chi connectivity index (χ1) is 10.1. The molecule has 2 rings (SSSR count). The van der Waals surface area contributed by atoms with Crippen LogP contribution in [0, 0.1) is 0 Å². The highest BCUT2D eigenvalue weighted by Crippen LogP contribution is 2.18. The van der Waals surface area contributed by atoms with E-state index >= 15 is 0 Å². The maximum absolute atomic E-state index is 11.3. The van der Waals surface area contributed by atoms with Crippen molar-refractivity contribution in [2.24, 2.45) is 5.73 Å². The molecule has 0 spiro atoms. The second-order valence-corrected chi connectivity index (χ2v) is 4.36. The van der Waals surface area contributed by atoms with Gasteiger partial charge in [0, 0.05) is 24.5 Å². The molecule has 1 amide bonds. The Morgan fingerprint density at radius 1 is 1.48 bits per heavy atom. The SMILES string of the molecule is CCOc1ncccc1CNc1nc(Cl)ncc1C(N)=O. The molecule has 2 heterocycles. The van der Waals surface area contributed by atoms with Crippen LogP contribution in [0.25, 0.3) is 0 Å². The monoisotopic (exact) mass is 307 g/mol. The normalized spacial score (nSPS) is 10.2. The van der Waals surface area contributed by atoms with Gasteiger partial charge in [0.05, 0.1) is 12.2 Å². The first-order valence-corrected chi connectivity index (χ1v) is 6.62. The van der Waals surface area contributed by atoms with Crippen LogP contribution in [-0.2, 0) is 6.54 Å². The minimum atomic E-state index is -0.634. The zero-order valence-corrected chi connectivity index (χ0v) is 12.1. The number of carbonyl (C=O) groups is 1. The maximum atomic E-state index is 11.3. The van der Waals surface area contributed by atoms with E-state index in [2.05, 4.69) is 20.3 Å². The number of pyridine rings is 1. The third kappa shape index (κ3) is 3.79. The highest BCUT2D eigenvalue weighted by atomic mass is 35.5. The minimum absolute atomic E-state index is 0.0266. The van der Waals surface area contributed by atoms with Crippen molar-refractivity contribution < 1.29 is 9.53 Å². The van der Waals surface area contributed by atoms with Gasteiger partial charge in [0.2, 0.25) is 11.2 Å². The van der Waals surface area contributed by atoms with E-state index in [0.29, 0.717) is 19.0 Å². The molecule has 0 aliphatic heterocycles. The first kappa shape index (κ1) is 15.0. The summed E-state index contributed by atoms with van der Waals surface area (Å²) < 4.78 is 5.43. The molecule has 0 aromatic carbocycles. The second kappa shape index (κ2) is 6.85. The predicted molar refractivity (Wildman–Crippen MR) is 78.3 cm³/mol. The summed E-state index contributed by atoms with van der Waals surface area (Å²) >= 11 is 5.73. The van der Waals surface area contributed by atoms with Gasteiger partial charge in [0.25, 0.3) is 5.91 Å². The summed E-state index contributed by atoms with van der Waals surface area (Å²) in [5.41, 5.74) is 6.26. The molecule has 0 atom stereocenters. The van der Waals surface area contributed by atoms with Crippen LogP contribution in [0.1, 0.15) is 22.8 Å². The van der Waals surface area contributed by atoms with E-state index in [4.69, 9.17) is 22.1 Å². The van der Waals surface area contributed by atoms with Crippen molar-refractivity contribution in [1.82, 2.24) is 15.0 Å². The van der Waals surface area contributed by atoms with E-state index in [1.165, 1.54) is 6.20 Å². The molecule has 0 aliphatic carbocycles. The van der Waals surface area contributed by atoms with Crippen molar-refractivity contribution in [2.75, 3.05) is 11.9 Å². The molecule has 3 N–H and O–H groups in total. The van der Waals surface area contributed by atoms with E-state index in [-0.39, 0.29) is 16.7 Å². The van der Waals surface area contributed by atoms with Gasteiger partial charge in [-0.1, -0.05) is 6.07 Å². The van der Waals surface area contributed by atoms with Gasteiger partial charge in [-0.15, -0.1) is 0 Å². The lowest BCUT2D eigenvalue weighted by Gasteiger charge is -2.11. The lowest BCUT2D eigenvalue weighted by Crippen LogP contribution is -2.16. The van der Waals surface area contributed by atoms with E-state index in [0.717, 1.165) is 5.56 Å². The number of amides is 1. The largest absolute Gasteiger partial charge is 0.478 e. The zero-order chi connectivity index (χ0) is 15.2. The van der Waals surface area contributed by atoms with Gasteiger partial charge in [0.1, 0.15) is 5.82 Å². The topological polar surface area (TPSA) is 103 Å². The summed E-state index contributed by atoms with van der Waals surface area (Å²) in [5.74, 6) is 0.160. The molecule has 0 saturated carbocycles. The van der Waals surface area contributed by atoms with Crippen LogP contribution in [0.3, 0.4) is 0 Å². The number of nitrogens with one attached hydrogen (secondary N) is 1. The van der Waals surface area contributed by atoms with Gasteiger partial charge in [-0.3, -0.25) is 4.79 Å². The van der Waals surface area contributed by atoms with E-state index in [1.807, 2.05) is 13.0 Å². The molecule has 2 aromatic rings. The molecule has 21 heavy (non-hydrogen) atoms. The van der Waals surface area contributed by atoms with Crippen molar-refractivity contribution in [1.29, 1.82) is 0 Å². The molecule has 0 radical (unpaired) electrons. The predicted octanol–water partition coefficient (Wildman–Crippen LogP) is 1.63. The van der Waals surface area contributed by atoms with Crippen LogP contribution in [0.15, 0.2) is 24.5 Å². The minimum Gasteiger partial charge on any atom is -0.478 e. The number of ether oxygens (including phenoxy) is 1. The Morgan fingerprint density at radius 2 is 2.29 bits per heavy atom. The smallest absolute Gasteiger partial charge is 0.254 e. The van der Waals surface area contributed by atoms with Crippen LogP contribution in [-0.4, -0.2) is 27.5 Å². The van der Waals surface area contributed by atoms with E-state index in [1.54, 1.807) is 12.3 Å². The molecule has 2 aromatic heterocycles. The van der Waals surface area contributed by atoms with Gasteiger partial charge in [0.15, 0.2) is 0 Å². The van der Waals surface area contributed by atoms with E-state index in [9.17, 15) is 4.79 Å². The number of hydrogen-bond donors (Lipinski definition) is 2. The molecular weight excluding hydrogens is 294 g/mol. The van der Waals surface area contributed by atoms with Crippen molar-refractivity contribution in [3.05, 3.63) is 40.9 Å². The fourth-order valence-electron chi connectivity index (χ4n) is 1.68. The number of aromatic nitrogens is 3. The summed E-state index contributed by atoms with van der Waals surface area (Å²) in [7, 11) is 0. The molecular formula is C13H14ClN5O2. The Hall–Kier alpha value is -2.41. The molecule has 110 valence electrons. The Bertz CT molecular complexity index is 650. The molecule has 0 unspecified atom stereocenters. The van der Waals surface area contributed by atoms with Crippen molar-refractivity contribution in [3.8, 4) is 5.88 Å². The fraction of sp³-hybridized carbons (Fsp3) is 0.231. The zero-order valence-electron chi connectivity index (χ0n) is 11.3. The average Bonchev–Trinajstić information content (AvgIpc) is 2.46. The van der Waals surface area contributed by atoms with Gasteiger partial charge >= 0.3 is 0 Å². The van der Waals surface area contributed by atoms with Gasteiger partial charge in [-0.05, 0) is 24.6 Å². The van der Waals surface area contributed by atoms with Gasteiger partial charge < -0.3 is 15.8 Å². The summed E-state index contributed by atoms with van der Waals surface area (Å²) in [6, 6.07) is 3.65. The lowest BCUT2D eigenvalue weighted by molar-refractivity contribution is 0.100. The van der Waals surface area contributed by atoms with Gasteiger partial charge in [-0.2, -0.15) is 4.98 Å². The quantitative estimate of drug-likeness (QED) is 0.786. The Labute approximate surface area is 126 Å². The first-order valence-electron chi connectivity index (χ1n) is 6.24. The summed E-state index contributed by atoms with van der Waals surface area (Å²) in [6.45, 7) is 2.74. The van der Waals surface area contributed by atoms with Crippen LogP contribution >= 0.6 is 11.6 Å². The molecule has 0 aliphatic rings. The molecule has 0 saturated heterocycles. The summed E-state index contributed by atoms with van der Waals surface area (Å²) in [4.78, 5) is 23.2. The lowest BCUT2D eigenvalue weighted by atomic mass is 10.2. The molecule has 8 heteroatoms. The molecule has 7 nitrogen and oxygen atoms in total. The Kier molecular flexibility index (Phi) is 4.89. The highest BCUT2D eigenvalue weighted by Gasteiger charge is 2.12. The van der Waals surface area contributed by atoms with Crippen molar-refractivity contribution in [2.45, 2.75) is 13.5 Å². The Morgan fingerprint density at radius 3 is 3.00 bits per heavy atom. The fourth-order valence-corrected chi connectivity index (χ4v) is 1.81. The highest BCUT2D eigenvalue weighted by molar-refractivity contribution is 6.28. The number of carbonyl (C=O) groups excluding carboxylic acids is 1. The second-order valence-electron chi connectivity index (χ2n) is 4.02. The third-order valence-corrected chi connectivity index (χ3v) is 2.78. The van der Waals surface area contributed by atoms with Crippen LogP contribution in [0.4, 0.5) is 5.82 Å². The number of nitrogens with zero attached hydrogens (tertiary/aromatic N) is 3. The number of anilines is 1. The van der Waals surface area contributed by atoms with Crippen LogP contribution < -0.4 is 15.8 Å². The van der Waals surface area contributed by atoms with Crippen molar-refractivity contribution in [3.63, 3.8) is 0 Å². The standard InChI is InChI=1S/C13H14ClN5O2/c1-2-21-12-8(4-3-5-16-12)6-17-11-9(10(15)20)7-18-13(14)19-11/h3-5,7H,2,6H2,1H3,(H2,15,20)(H,17,18,19). The van der Waals surface area contributed by atoms with Gasteiger partial charge in [-0.25, -0.2) is 9.97 Å². The number of halogens is 1. The molecule has 0 fully saturated rings. The third-order valence-electron chi connectivity index (χ3n) is 2.60. The summed E-state index contributed by atoms with van der Waals surface area (Å²) in [5, 5.41) is 3.02. The van der Waals surface area contributed by atoms with Crippen LogP contribution in [0.5, 0.6) is 5.88 Å². The number of rotatable bonds is 6. The van der Waals surface area contributed by atoms with Crippen LogP contribution in [0.2, 0.25) is 5.28 Å². The van der Waals surface area contributed by atoms with E-state index < -0.39 is 5.91 Å². The van der Waals surface area contributed by atoms with Crippen molar-refractivity contribution >= 4 is 23.3 Å². The number of hydrogen-bond acceptors (Lipinski definition) is 6.